The molecule has 0 bridgehead atoms. The molecule has 0 atom stereocenters. The molecule has 0 amide bonds. The first-order chi connectivity index (χ1) is 7.63. The largest absolute Gasteiger partial charge is 0.330 e. The fraction of sp³-hybridized carbons (Fsp3) is 0.364. The zero-order chi connectivity index (χ0) is 11.7. The molecule has 1 aromatic heterocycles. The summed E-state index contributed by atoms with van der Waals surface area (Å²) in [6.45, 7) is 0.556. The minimum atomic E-state index is -0.603. The molecule has 0 aliphatic heterocycles. The molecule has 2 rings (SSSR count). The number of hydrogen-bond donors (Lipinski definition) is 1. The molecule has 1 aromatic carbocycles. The van der Waals surface area contributed by atoms with Gasteiger partial charge in [-0.3, -0.25) is 0 Å². The van der Waals surface area contributed by atoms with Gasteiger partial charge < -0.3 is 10.3 Å². The molecule has 3 nitrogen and oxygen atoms in total. The molecule has 0 saturated heterocycles. The Kier molecular flexibility index (Phi) is 2.87. The fourth-order valence-electron chi connectivity index (χ4n) is 1.80. The van der Waals surface area contributed by atoms with Crippen molar-refractivity contribution < 1.29 is 8.78 Å². The molecule has 2 aromatic rings. The molecule has 0 aliphatic carbocycles. The molecular weight excluding hydrogens is 212 g/mol. The number of rotatable bonds is 3. The number of fused-ring (bicyclic) bond motifs is 1. The van der Waals surface area contributed by atoms with Crippen molar-refractivity contribution in [1.29, 1.82) is 0 Å². The van der Waals surface area contributed by atoms with Gasteiger partial charge in [0.2, 0.25) is 0 Å². The van der Waals surface area contributed by atoms with Crippen LogP contribution in [-0.2, 0) is 13.5 Å². The molecule has 0 aliphatic rings. The highest BCUT2D eigenvalue weighted by molar-refractivity contribution is 5.76. The lowest BCUT2D eigenvalue weighted by Gasteiger charge is -2.01. The van der Waals surface area contributed by atoms with Gasteiger partial charge in [-0.25, -0.2) is 13.8 Å². The Bertz CT molecular complexity index is 519. The van der Waals surface area contributed by atoms with Gasteiger partial charge >= 0.3 is 0 Å². The van der Waals surface area contributed by atoms with E-state index in [9.17, 15) is 8.78 Å². The van der Waals surface area contributed by atoms with Gasteiger partial charge in [0.15, 0.2) is 5.82 Å². The normalized spacial score (nSPS) is 11.2. The maximum atomic E-state index is 13.5. The molecule has 0 spiro atoms. The van der Waals surface area contributed by atoms with Crippen LogP contribution in [0.2, 0.25) is 0 Å². The molecular formula is C11H13F2N3. The Labute approximate surface area is 91.9 Å². The quantitative estimate of drug-likeness (QED) is 0.864. The highest BCUT2D eigenvalue weighted by Gasteiger charge is 2.12. The van der Waals surface area contributed by atoms with E-state index in [0.29, 0.717) is 24.0 Å². The number of hydrogen-bond acceptors (Lipinski definition) is 2. The van der Waals surface area contributed by atoms with Gasteiger partial charge in [-0.05, 0) is 13.0 Å². The van der Waals surface area contributed by atoms with Crippen molar-refractivity contribution in [2.24, 2.45) is 12.8 Å². The lowest BCUT2D eigenvalue weighted by molar-refractivity contribution is 0.587. The van der Waals surface area contributed by atoms with Crippen LogP contribution < -0.4 is 5.73 Å². The van der Waals surface area contributed by atoms with Crippen LogP contribution in [0.15, 0.2) is 12.1 Å². The monoisotopic (exact) mass is 225 g/mol. The fourth-order valence-corrected chi connectivity index (χ4v) is 1.80. The van der Waals surface area contributed by atoms with E-state index in [1.807, 2.05) is 0 Å². The highest BCUT2D eigenvalue weighted by atomic mass is 19.1. The number of nitrogens with zero attached hydrogens (tertiary/aromatic N) is 2. The van der Waals surface area contributed by atoms with Gasteiger partial charge in [0.1, 0.15) is 17.2 Å². The zero-order valence-electron chi connectivity index (χ0n) is 9.00. The van der Waals surface area contributed by atoms with E-state index < -0.39 is 11.6 Å². The summed E-state index contributed by atoms with van der Waals surface area (Å²) in [4.78, 5) is 4.20. The van der Waals surface area contributed by atoms with Gasteiger partial charge in [-0.1, -0.05) is 0 Å². The SMILES string of the molecule is Cn1c(CCCN)nc2cc(F)cc(F)c21. The number of halogens is 2. The lowest BCUT2D eigenvalue weighted by atomic mass is 10.3. The molecule has 1 heterocycles. The number of aryl methyl sites for hydroxylation is 2. The molecule has 86 valence electrons. The van der Waals surface area contributed by atoms with Gasteiger partial charge in [-0.15, -0.1) is 0 Å². The summed E-state index contributed by atoms with van der Waals surface area (Å²) in [7, 11) is 1.72. The average Bonchev–Trinajstić information content (AvgIpc) is 2.52. The van der Waals surface area contributed by atoms with Gasteiger partial charge in [0, 0.05) is 25.6 Å². The van der Waals surface area contributed by atoms with Crippen molar-refractivity contribution in [3.63, 3.8) is 0 Å². The van der Waals surface area contributed by atoms with Crippen LogP contribution in [0.1, 0.15) is 12.2 Å². The van der Waals surface area contributed by atoms with E-state index in [-0.39, 0.29) is 0 Å². The summed E-state index contributed by atoms with van der Waals surface area (Å²) in [5.74, 6) is -0.456. The van der Waals surface area contributed by atoms with Crippen molar-refractivity contribution in [3.05, 3.63) is 29.6 Å². The van der Waals surface area contributed by atoms with E-state index in [0.717, 1.165) is 18.3 Å². The summed E-state index contributed by atoms with van der Waals surface area (Å²) in [6.07, 6.45) is 1.45. The average molecular weight is 225 g/mol. The number of imidazole rings is 1. The molecule has 2 N–H and O–H groups in total. The van der Waals surface area contributed by atoms with Crippen molar-refractivity contribution >= 4 is 11.0 Å². The van der Waals surface area contributed by atoms with Gasteiger partial charge in [0.25, 0.3) is 0 Å². The maximum absolute atomic E-state index is 13.5. The molecule has 0 saturated carbocycles. The number of nitrogens with two attached hydrogens (primary N) is 1. The first-order valence-corrected chi connectivity index (χ1v) is 5.14. The molecule has 5 heteroatoms. The summed E-state index contributed by atoms with van der Waals surface area (Å²) < 4.78 is 28.2. The topological polar surface area (TPSA) is 43.8 Å². The van der Waals surface area contributed by atoms with E-state index >= 15 is 0 Å². The van der Waals surface area contributed by atoms with Crippen molar-refractivity contribution in [3.8, 4) is 0 Å². The Morgan fingerprint density at radius 3 is 2.81 bits per heavy atom. The van der Waals surface area contributed by atoms with E-state index in [1.165, 1.54) is 6.07 Å². The second-order valence-corrected chi connectivity index (χ2v) is 3.73. The third kappa shape index (κ3) is 1.78. The summed E-state index contributed by atoms with van der Waals surface area (Å²) in [6, 6.07) is 2.11. The van der Waals surface area contributed by atoms with Crippen molar-refractivity contribution in [2.75, 3.05) is 6.54 Å². The van der Waals surface area contributed by atoms with Crippen LogP contribution in [0.3, 0.4) is 0 Å². The predicted octanol–water partition coefficient (Wildman–Crippen LogP) is 1.74. The summed E-state index contributed by atoms with van der Waals surface area (Å²) >= 11 is 0. The molecule has 16 heavy (non-hydrogen) atoms. The van der Waals surface area contributed by atoms with Gasteiger partial charge in [-0.2, -0.15) is 0 Å². The van der Waals surface area contributed by atoms with E-state index in [4.69, 9.17) is 5.73 Å². The third-order valence-corrected chi connectivity index (χ3v) is 2.58. The minimum absolute atomic E-state index is 0.341. The Morgan fingerprint density at radius 2 is 2.12 bits per heavy atom. The first-order valence-electron chi connectivity index (χ1n) is 5.14. The standard InChI is InChI=1S/C11H13F2N3/c1-16-10(3-2-4-14)15-9-6-7(12)5-8(13)11(9)16/h5-6H,2-4,14H2,1H3. The van der Waals surface area contributed by atoms with Crippen LogP contribution in [0.4, 0.5) is 8.78 Å². The minimum Gasteiger partial charge on any atom is -0.330 e. The van der Waals surface area contributed by atoms with Crippen LogP contribution in [-0.4, -0.2) is 16.1 Å². The lowest BCUT2D eigenvalue weighted by Crippen LogP contribution is -2.04. The number of benzene rings is 1. The second kappa shape index (κ2) is 4.17. The molecule has 0 radical (unpaired) electrons. The predicted molar refractivity (Wildman–Crippen MR) is 58.0 cm³/mol. The summed E-state index contributed by atoms with van der Waals surface area (Å²) in [5, 5.41) is 0. The second-order valence-electron chi connectivity index (χ2n) is 3.73. The van der Waals surface area contributed by atoms with Crippen molar-refractivity contribution in [2.45, 2.75) is 12.8 Å². The summed E-state index contributed by atoms with van der Waals surface area (Å²) in [5.41, 5.74) is 6.10. The smallest absolute Gasteiger partial charge is 0.152 e. The zero-order valence-corrected chi connectivity index (χ0v) is 9.00. The van der Waals surface area contributed by atoms with Crippen molar-refractivity contribution in [1.82, 2.24) is 9.55 Å². The Balaban J connectivity index is 2.54. The van der Waals surface area contributed by atoms with E-state index in [1.54, 1.807) is 11.6 Å². The number of aromatic nitrogens is 2. The van der Waals surface area contributed by atoms with E-state index in [2.05, 4.69) is 4.98 Å². The molecule has 0 unspecified atom stereocenters. The first kappa shape index (κ1) is 11.0. The maximum Gasteiger partial charge on any atom is 0.152 e. The molecule has 0 fully saturated rings. The van der Waals surface area contributed by atoms with Crippen LogP contribution in [0.5, 0.6) is 0 Å². The van der Waals surface area contributed by atoms with Gasteiger partial charge in [0.05, 0.1) is 5.52 Å². The highest BCUT2D eigenvalue weighted by Crippen LogP contribution is 2.20. The Morgan fingerprint density at radius 1 is 1.38 bits per heavy atom. The van der Waals surface area contributed by atoms with Crippen LogP contribution >= 0.6 is 0 Å². The Hall–Kier alpha value is -1.49. The third-order valence-electron chi connectivity index (χ3n) is 2.58. The van der Waals surface area contributed by atoms with Crippen LogP contribution in [0.25, 0.3) is 11.0 Å². The van der Waals surface area contributed by atoms with Crippen LogP contribution in [0, 0.1) is 11.6 Å².